The van der Waals surface area contributed by atoms with Crippen molar-refractivity contribution in [2.75, 3.05) is 13.2 Å². The zero-order valence-corrected chi connectivity index (χ0v) is 16.6. The van der Waals surface area contributed by atoms with Gasteiger partial charge < -0.3 is 4.74 Å². The van der Waals surface area contributed by atoms with Gasteiger partial charge in [-0.25, -0.2) is 0 Å². The highest BCUT2D eigenvalue weighted by Gasteiger charge is 2.41. The van der Waals surface area contributed by atoms with Crippen molar-refractivity contribution < 1.29 is 9.66 Å². The average Bonchev–Trinajstić information content (AvgIpc) is 2.47. The molecule has 0 spiro atoms. The van der Waals surface area contributed by atoms with Crippen molar-refractivity contribution in [1.29, 1.82) is 0 Å². The Hall–Kier alpha value is -1.46. The van der Waals surface area contributed by atoms with Crippen LogP contribution in [0.4, 0.5) is 0 Å². The summed E-state index contributed by atoms with van der Waals surface area (Å²) in [5, 5.41) is 12.2. The van der Waals surface area contributed by atoms with Crippen molar-refractivity contribution in [2.24, 2.45) is 11.8 Å². The van der Waals surface area contributed by atoms with Gasteiger partial charge in [0, 0.05) is 17.4 Å². The number of rotatable bonds is 10. The van der Waals surface area contributed by atoms with E-state index in [1.165, 1.54) is 5.20 Å². The summed E-state index contributed by atoms with van der Waals surface area (Å²) in [4.78, 5) is 10.8. The normalized spacial score (nSPS) is 15.5. The lowest BCUT2D eigenvalue weighted by Gasteiger charge is -2.40. The first-order chi connectivity index (χ1) is 11.2. The molecule has 0 saturated heterocycles. The maximum Gasteiger partial charge on any atom is 0.206 e. The van der Waals surface area contributed by atoms with Crippen LogP contribution in [0.2, 0.25) is 18.6 Å². The lowest BCUT2D eigenvalue weighted by atomic mass is 9.97. The molecule has 0 amide bonds. The zero-order valence-electron chi connectivity index (χ0n) is 15.6. The molecular formula is C19H31NO3Si. The van der Waals surface area contributed by atoms with Gasteiger partial charge in [-0.1, -0.05) is 62.5 Å². The molecule has 1 rings (SSSR count). The third-order valence-electron chi connectivity index (χ3n) is 5.09. The average molecular weight is 350 g/mol. The monoisotopic (exact) mass is 349 g/mol. The van der Waals surface area contributed by atoms with Gasteiger partial charge >= 0.3 is 0 Å². The molecule has 3 atom stereocenters. The first-order valence-electron chi connectivity index (χ1n) is 8.55. The summed E-state index contributed by atoms with van der Waals surface area (Å²) in [7, 11) is -1.81. The molecule has 0 saturated carbocycles. The van der Waals surface area contributed by atoms with Crippen molar-refractivity contribution in [3.05, 3.63) is 57.8 Å². The van der Waals surface area contributed by atoms with Crippen molar-refractivity contribution in [1.82, 2.24) is 0 Å². The summed E-state index contributed by atoms with van der Waals surface area (Å²) < 4.78 is 5.92. The second-order valence-corrected chi connectivity index (χ2v) is 12.5. The second kappa shape index (κ2) is 9.13. The lowest BCUT2D eigenvalue weighted by molar-refractivity contribution is -0.487. The third-order valence-corrected chi connectivity index (χ3v) is 10.1. The van der Waals surface area contributed by atoms with Crippen LogP contribution in [0.5, 0.6) is 0 Å². The van der Waals surface area contributed by atoms with E-state index >= 15 is 0 Å². The third kappa shape index (κ3) is 5.87. The molecule has 1 aromatic rings. The number of nitrogens with zero attached hydrogens (tertiary/aromatic N) is 1. The Kier molecular flexibility index (Phi) is 7.83. The number of hydrogen-bond donors (Lipinski definition) is 0. The van der Waals surface area contributed by atoms with Gasteiger partial charge in [0.25, 0.3) is 0 Å². The minimum absolute atomic E-state index is 0.0113. The molecule has 5 heteroatoms. The van der Waals surface area contributed by atoms with Gasteiger partial charge in [0.2, 0.25) is 6.54 Å². The fraction of sp³-hybridized carbons (Fsp3) is 0.579. The van der Waals surface area contributed by atoms with Crippen LogP contribution < -0.4 is 0 Å². The highest BCUT2D eigenvalue weighted by Crippen LogP contribution is 2.40. The maximum atomic E-state index is 11.0. The molecule has 24 heavy (non-hydrogen) atoms. The molecule has 0 radical (unpaired) electrons. The van der Waals surface area contributed by atoms with E-state index in [0.29, 0.717) is 13.2 Å². The minimum atomic E-state index is -1.81. The van der Waals surface area contributed by atoms with E-state index in [1.54, 1.807) is 0 Å². The van der Waals surface area contributed by atoms with Crippen LogP contribution in [0.3, 0.4) is 0 Å². The number of ether oxygens (including phenoxy) is 1. The van der Waals surface area contributed by atoms with Crippen LogP contribution >= 0.6 is 0 Å². The largest absolute Gasteiger partial charge is 0.376 e. The highest BCUT2D eigenvalue weighted by atomic mass is 28.3. The molecule has 0 bridgehead atoms. The Bertz CT molecular complexity index is 545. The van der Waals surface area contributed by atoms with Crippen molar-refractivity contribution in [3.8, 4) is 0 Å². The number of allylic oxidation sites excluding steroid dienone is 1. The standard InChI is InChI=1S/C19H31NO3Si/c1-15(2)24(5,6)19(16(3)12-20(21)22)17(4)13-23-14-18-10-8-7-9-11-18/h7-11,16-17,19H,1,12-14H2,2-6H3/t16-,17+,19-/m1/s1. The first kappa shape index (κ1) is 20.6. The SMILES string of the molecule is C=C(C)[Si](C)(C)[C@H]([C@H](C)C[N+](=O)[O-])[C@@H](C)COCc1ccccc1. The molecule has 0 aromatic heterocycles. The van der Waals surface area contributed by atoms with E-state index in [4.69, 9.17) is 4.74 Å². The molecule has 4 nitrogen and oxygen atoms in total. The highest BCUT2D eigenvalue weighted by molar-refractivity contribution is 6.85. The molecule has 0 unspecified atom stereocenters. The molecule has 0 aliphatic rings. The Morgan fingerprint density at radius 2 is 1.83 bits per heavy atom. The summed E-state index contributed by atoms with van der Waals surface area (Å²) in [6.07, 6.45) is 0. The van der Waals surface area contributed by atoms with Crippen LogP contribution in [-0.2, 0) is 11.3 Å². The topological polar surface area (TPSA) is 52.4 Å². The van der Waals surface area contributed by atoms with Gasteiger partial charge in [0.1, 0.15) is 0 Å². The summed E-state index contributed by atoms with van der Waals surface area (Å²) in [6, 6.07) is 10.1. The molecule has 0 aliphatic heterocycles. The minimum Gasteiger partial charge on any atom is -0.376 e. The predicted octanol–water partition coefficient (Wildman–Crippen LogP) is 4.95. The van der Waals surface area contributed by atoms with Gasteiger partial charge in [-0.05, 0) is 23.9 Å². The second-order valence-electron chi connectivity index (χ2n) is 7.50. The van der Waals surface area contributed by atoms with E-state index in [9.17, 15) is 10.1 Å². The molecule has 0 heterocycles. The van der Waals surface area contributed by atoms with Gasteiger partial charge in [0.15, 0.2) is 0 Å². The van der Waals surface area contributed by atoms with Gasteiger partial charge in [-0.3, -0.25) is 10.1 Å². The van der Waals surface area contributed by atoms with E-state index in [2.05, 4.69) is 33.5 Å². The number of nitro groups is 1. The lowest BCUT2D eigenvalue weighted by Crippen LogP contribution is -2.43. The van der Waals surface area contributed by atoms with Crippen LogP contribution in [0, 0.1) is 22.0 Å². The van der Waals surface area contributed by atoms with Crippen LogP contribution in [0.25, 0.3) is 0 Å². The summed E-state index contributed by atoms with van der Waals surface area (Å²) >= 11 is 0. The van der Waals surface area contributed by atoms with Crippen molar-refractivity contribution in [2.45, 2.75) is 46.0 Å². The van der Waals surface area contributed by atoms with Crippen molar-refractivity contribution in [3.63, 3.8) is 0 Å². The quantitative estimate of drug-likeness (QED) is 0.341. The Morgan fingerprint density at radius 1 is 1.25 bits per heavy atom. The fourth-order valence-corrected chi connectivity index (χ4v) is 7.27. The van der Waals surface area contributed by atoms with Crippen LogP contribution in [-0.4, -0.2) is 26.1 Å². The Labute approximate surface area is 147 Å². The van der Waals surface area contributed by atoms with Gasteiger partial charge in [-0.15, -0.1) is 6.58 Å². The van der Waals surface area contributed by atoms with Gasteiger partial charge in [-0.2, -0.15) is 0 Å². The molecular weight excluding hydrogens is 318 g/mol. The zero-order chi connectivity index (χ0) is 18.3. The summed E-state index contributed by atoms with van der Waals surface area (Å²) in [5.74, 6) is 0.288. The molecule has 0 fully saturated rings. The maximum absolute atomic E-state index is 11.0. The summed E-state index contributed by atoms with van der Waals surface area (Å²) in [5.41, 5.74) is 1.42. The predicted molar refractivity (Wildman–Crippen MR) is 102 cm³/mol. The Balaban J connectivity index is 2.77. The van der Waals surface area contributed by atoms with E-state index in [0.717, 1.165) is 5.56 Å². The first-order valence-corrected chi connectivity index (χ1v) is 11.6. The smallest absolute Gasteiger partial charge is 0.206 e. The molecule has 1 aromatic carbocycles. The summed E-state index contributed by atoms with van der Waals surface area (Å²) in [6.45, 7) is 16.1. The number of hydrogen-bond acceptors (Lipinski definition) is 3. The van der Waals surface area contributed by atoms with E-state index in [-0.39, 0.29) is 28.8 Å². The fourth-order valence-electron chi connectivity index (χ4n) is 3.66. The van der Waals surface area contributed by atoms with Crippen LogP contribution in [0.1, 0.15) is 26.3 Å². The van der Waals surface area contributed by atoms with Crippen molar-refractivity contribution >= 4 is 8.07 Å². The van der Waals surface area contributed by atoms with Gasteiger partial charge in [0.05, 0.1) is 14.7 Å². The van der Waals surface area contributed by atoms with E-state index < -0.39 is 8.07 Å². The van der Waals surface area contributed by atoms with Crippen LogP contribution in [0.15, 0.2) is 42.1 Å². The molecule has 0 aliphatic carbocycles. The Morgan fingerprint density at radius 3 is 2.33 bits per heavy atom. The molecule has 0 N–H and O–H groups in total. The van der Waals surface area contributed by atoms with E-state index in [1.807, 2.05) is 37.3 Å². The molecule has 134 valence electrons. The number of benzene rings is 1.